The zero-order chi connectivity index (χ0) is 26.8. The molecule has 3 aromatic heterocycles. The number of H-pyrrole nitrogens is 1. The molecule has 0 radical (unpaired) electrons. The van der Waals surface area contributed by atoms with E-state index >= 15 is 4.48 Å². The Kier molecular flexibility index (Phi) is 6.62. The lowest BCUT2D eigenvalue weighted by Gasteiger charge is -2.15. The number of halogens is 1. The highest BCUT2D eigenvalue weighted by molar-refractivity contribution is 5.80. The molecule has 0 aliphatic rings. The molecule has 5 aromatic rings. The minimum Gasteiger partial charge on any atom is -0.481 e. The Bertz CT molecular complexity index is 1660. The fourth-order valence-electron chi connectivity index (χ4n) is 4.25. The molecule has 2 aromatic carbocycles. The first-order valence-corrected chi connectivity index (χ1v) is 12.0. The summed E-state index contributed by atoms with van der Waals surface area (Å²) in [5.74, 6) is 0.853. The molecule has 3 heterocycles. The van der Waals surface area contributed by atoms with Gasteiger partial charge in [-0.25, -0.2) is 9.97 Å². The molecule has 3 N–H and O–H groups in total. The largest absolute Gasteiger partial charge is 0.481 e. The highest BCUT2D eigenvalue weighted by atomic mass is 19.2. The standard InChI is InChI=1S/C30H26FN5O2/c1-18-4-6-21(7-5-18)26-16-33-17-27(29(26)37)36(31)24-10-8-20(9-11-24)25-13-23(15-34-30(25)32)22-12-19(2)35-28(14-22)38-3/h4-17H,1-3H3,(H2,32,34)(H,33,37). The number of nitrogens with one attached hydrogen (secondary N) is 1. The molecule has 0 unspecified atom stereocenters. The van der Waals surface area contributed by atoms with Gasteiger partial charge in [-0.3, -0.25) is 4.79 Å². The van der Waals surface area contributed by atoms with E-state index in [2.05, 4.69) is 15.0 Å². The van der Waals surface area contributed by atoms with Crippen molar-refractivity contribution in [1.82, 2.24) is 15.0 Å². The third kappa shape index (κ3) is 4.84. The first-order valence-electron chi connectivity index (χ1n) is 12.0. The summed E-state index contributed by atoms with van der Waals surface area (Å²) < 4.78 is 20.7. The summed E-state index contributed by atoms with van der Waals surface area (Å²) in [4.78, 5) is 24.7. The van der Waals surface area contributed by atoms with E-state index in [4.69, 9.17) is 10.5 Å². The van der Waals surface area contributed by atoms with Crippen molar-refractivity contribution in [1.29, 1.82) is 0 Å². The van der Waals surface area contributed by atoms with E-state index in [0.29, 0.717) is 33.5 Å². The van der Waals surface area contributed by atoms with Gasteiger partial charge in [-0.1, -0.05) is 46.4 Å². The Morgan fingerprint density at radius 1 is 0.868 bits per heavy atom. The molecule has 7 nitrogen and oxygen atoms in total. The number of hydrogen-bond donors (Lipinski definition) is 2. The van der Waals surface area contributed by atoms with Gasteiger partial charge in [0.05, 0.1) is 12.8 Å². The number of rotatable bonds is 6. The van der Waals surface area contributed by atoms with E-state index in [9.17, 15) is 4.79 Å². The number of nitrogen functional groups attached to an aromatic ring is 1. The number of nitrogens with two attached hydrogens (primary N) is 1. The zero-order valence-corrected chi connectivity index (χ0v) is 21.2. The number of aromatic nitrogens is 3. The molecular formula is C30H26FN5O2. The van der Waals surface area contributed by atoms with Gasteiger partial charge in [0.2, 0.25) is 11.3 Å². The highest BCUT2D eigenvalue weighted by Gasteiger charge is 2.17. The van der Waals surface area contributed by atoms with Gasteiger partial charge >= 0.3 is 0 Å². The van der Waals surface area contributed by atoms with Crippen LogP contribution in [0.25, 0.3) is 33.4 Å². The normalized spacial score (nSPS) is 10.8. The van der Waals surface area contributed by atoms with Crippen LogP contribution in [-0.4, -0.2) is 22.1 Å². The second-order valence-corrected chi connectivity index (χ2v) is 8.97. The molecule has 0 spiro atoms. The van der Waals surface area contributed by atoms with Gasteiger partial charge in [-0.2, -0.15) is 5.12 Å². The molecule has 0 fully saturated rings. The molecule has 38 heavy (non-hydrogen) atoms. The van der Waals surface area contributed by atoms with Crippen LogP contribution >= 0.6 is 0 Å². The summed E-state index contributed by atoms with van der Waals surface area (Å²) in [6, 6.07) is 19.9. The predicted octanol–water partition coefficient (Wildman–Crippen LogP) is 6.40. The highest BCUT2D eigenvalue weighted by Crippen LogP contribution is 2.33. The summed E-state index contributed by atoms with van der Waals surface area (Å²) in [5, 5.41) is 0.379. The minimum absolute atomic E-state index is 0.110. The van der Waals surface area contributed by atoms with Crippen molar-refractivity contribution >= 4 is 17.2 Å². The van der Waals surface area contributed by atoms with Crippen molar-refractivity contribution < 1.29 is 9.22 Å². The second kappa shape index (κ2) is 10.2. The van der Waals surface area contributed by atoms with E-state index in [-0.39, 0.29) is 11.4 Å². The number of aromatic amines is 1. The van der Waals surface area contributed by atoms with Gasteiger partial charge in [0.25, 0.3) is 0 Å². The van der Waals surface area contributed by atoms with Gasteiger partial charge < -0.3 is 15.5 Å². The van der Waals surface area contributed by atoms with Crippen molar-refractivity contribution in [2.75, 3.05) is 18.0 Å². The Labute approximate surface area is 219 Å². The first-order chi connectivity index (χ1) is 18.3. The molecule has 5 rings (SSSR count). The van der Waals surface area contributed by atoms with Crippen LogP contribution in [0.3, 0.4) is 0 Å². The molecule has 0 bridgehead atoms. The number of hydrogen-bond acceptors (Lipinski definition) is 6. The lowest BCUT2D eigenvalue weighted by molar-refractivity contribution is 0.397. The summed E-state index contributed by atoms with van der Waals surface area (Å²) in [7, 11) is 1.57. The Morgan fingerprint density at radius 2 is 1.55 bits per heavy atom. The molecule has 0 amide bonds. The van der Waals surface area contributed by atoms with Crippen LogP contribution in [0, 0.1) is 13.8 Å². The number of ether oxygens (including phenoxy) is 1. The summed E-state index contributed by atoms with van der Waals surface area (Å²) in [6.07, 6.45) is 4.62. The molecular weight excluding hydrogens is 481 g/mol. The molecule has 8 heteroatoms. The number of aryl methyl sites for hydroxylation is 2. The Balaban J connectivity index is 1.46. The smallest absolute Gasteiger partial charge is 0.215 e. The predicted molar refractivity (Wildman–Crippen MR) is 149 cm³/mol. The van der Waals surface area contributed by atoms with Crippen LogP contribution < -0.4 is 21.0 Å². The first kappa shape index (κ1) is 24.7. The van der Waals surface area contributed by atoms with Crippen LogP contribution in [0.1, 0.15) is 11.3 Å². The third-order valence-corrected chi connectivity index (χ3v) is 6.29. The fraction of sp³-hybridized carbons (Fsp3) is 0.100. The topological polar surface area (TPSA) is 97.1 Å². The average molecular weight is 508 g/mol. The summed E-state index contributed by atoms with van der Waals surface area (Å²) in [5.41, 5.74) is 12.1. The van der Waals surface area contributed by atoms with Crippen LogP contribution in [0.5, 0.6) is 5.88 Å². The summed E-state index contributed by atoms with van der Waals surface area (Å²) >= 11 is 0. The van der Waals surface area contributed by atoms with Crippen molar-refractivity contribution in [3.8, 4) is 39.3 Å². The molecule has 190 valence electrons. The van der Waals surface area contributed by atoms with Crippen molar-refractivity contribution in [2.24, 2.45) is 0 Å². The van der Waals surface area contributed by atoms with E-state index in [1.165, 1.54) is 6.20 Å². The molecule has 0 saturated carbocycles. The van der Waals surface area contributed by atoms with E-state index in [1.807, 2.05) is 56.3 Å². The Hall–Kier alpha value is -4.98. The van der Waals surface area contributed by atoms with Gasteiger partial charge in [-0.05, 0) is 54.8 Å². The Morgan fingerprint density at radius 3 is 2.26 bits per heavy atom. The van der Waals surface area contributed by atoms with Gasteiger partial charge in [0.15, 0.2) is 0 Å². The number of nitrogens with zero attached hydrogens (tertiary/aromatic N) is 3. The van der Waals surface area contributed by atoms with E-state index in [0.717, 1.165) is 27.9 Å². The molecule has 0 aliphatic heterocycles. The lowest BCUT2D eigenvalue weighted by Crippen LogP contribution is -2.16. The SMILES string of the molecule is COc1cc(-c2cnc(N)c(-c3ccc(N(F)c4c[nH]cc(-c5ccc(C)cc5)c4=O)cc3)c2)cc(C)n1. The van der Waals surface area contributed by atoms with Gasteiger partial charge in [-0.15, -0.1) is 0 Å². The number of methoxy groups -OCH3 is 1. The van der Waals surface area contributed by atoms with E-state index < -0.39 is 5.43 Å². The van der Waals surface area contributed by atoms with Crippen molar-refractivity contribution in [2.45, 2.75) is 13.8 Å². The number of anilines is 3. The van der Waals surface area contributed by atoms with Crippen molar-refractivity contribution in [3.63, 3.8) is 0 Å². The summed E-state index contributed by atoms with van der Waals surface area (Å²) in [6.45, 7) is 3.86. The minimum atomic E-state index is -0.414. The van der Waals surface area contributed by atoms with Crippen LogP contribution in [-0.2, 0) is 0 Å². The quantitative estimate of drug-likeness (QED) is 0.258. The van der Waals surface area contributed by atoms with Crippen molar-refractivity contribution in [3.05, 3.63) is 107 Å². The fourth-order valence-corrected chi connectivity index (χ4v) is 4.25. The molecule has 0 saturated heterocycles. The zero-order valence-electron chi connectivity index (χ0n) is 21.2. The number of pyridine rings is 3. The van der Waals surface area contributed by atoms with E-state index in [1.54, 1.807) is 43.8 Å². The van der Waals surface area contributed by atoms with Gasteiger partial charge in [0, 0.05) is 47.0 Å². The van der Waals surface area contributed by atoms with Crippen LogP contribution in [0.4, 0.5) is 21.7 Å². The molecule has 0 aliphatic carbocycles. The average Bonchev–Trinajstić information content (AvgIpc) is 2.93. The van der Waals surface area contributed by atoms with Crippen LogP contribution in [0.2, 0.25) is 0 Å². The monoisotopic (exact) mass is 507 g/mol. The van der Waals surface area contributed by atoms with Gasteiger partial charge in [0.1, 0.15) is 11.5 Å². The third-order valence-electron chi connectivity index (χ3n) is 6.29. The maximum Gasteiger partial charge on any atom is 0.215 e. The lowest BCUT2D eigenvalue weighted by atomic mass is 10.0. The maximum absolute atomic E-state index is 15.5. The molecule has 0 atom stereocenters. The second-order valence-electron chi connectivity index (χ2n) is 8.97. The number of benzene rings is 2. The van der Waals surface area contributed by atoms with Crippen LogP contribution in [0.15, 0.2) is 90.1 Å². The maximum atomic E-state index is 15.5.